The van der Waals surface area contributed by atoms with Gasteiger partial charge in [-0.2, -0.15) is 0 Å². The highest BCUT2D eigenvalue weighted by atomic mass is 35.5. The van der Waals surface area contributed by atoms with Crippen LogP contribution in [0, 0.1) is 18.7 Å². The van der Waals surface area contributed by atoms with Crippen molar-refractivity contribution in [2.75, 3.05) is 6.54 Å². The summed E-state index contributed by atoms with van der Waals surface area (Å²) in [6.45, 7) is 2.30. The SMILES string of the molecule is Cc1c(C(=O)NC2CCCCC2CN)nnn1-c1ccc(F)c(Cl)c1.Cl. The van der Waals surface area contributed by atoms with E-state index in [1.807, 2.05) is 0 Å². The van der Waals surface area contributed by atoms with Gasteiger partial charge in [0.05, 0.1) is 16.4 Å². The van der Waals surface area contributed by atoms with Crippen LogP contribution in [0.15, 0.2) is 18.2 Å². The molecule has 1 aliphatic rings. The molecule has 0 aliphatic heterocycles. The zero-order valence-electron chi connectivity index (χ0n) is 14.4. The van der Waals surface area contributed by atoms with Crippen molar-refractivity contribution in [3.63, 3.8) is 0 Å². The van der Waals surface area contributed by atoms with E-state index in [9.17, 15) is 9.18 Å². The van der Waals surface area contributed by atoms with Gasteiger partial charge in [-0.3, -0.25) is 4.79 Å². The molecule has 0 bridgehead atoms. The molecule has 1 amide bonds. The largest absolute Gasteiger partial charge is 0.348 e. The third kappa shape index (κ3) is 4.16. The number of halogens is 3. The van der Waals surface area contributed by atoms with E-state index in [-0.39, 0.29) is 35.1 Å². The van der Waals surface area contributed by atoms with Crippen molar-refractivity contribution in [1.29, 1.82) is 0 Å². The van der Waals surface area contributed by atoms with Gasteiger partial charge in [0.25, 0.3) is 5.91 Å². The minimum absolute atomic E-state index is 0. The molecule has 26 heavy (non-hydrogen) atoms. The van der Waals surface area contributed by atoms with E-state index in [1.165, 1.54) is 22.9 Å². The van der Waals surface area contributed by atoms with E-state index in [1.54, 1.807) is 6.92 Å². The standard InChI is InChI=1S/C17H21ClFN5O.ClH/c1-10-16(17(25)21-15-5-3-2-4-11(15)9-20)22-23-24(10)12-6-7-14(19)13(18)8-12;/h6-8,11,15H,2-5,9,20H2,1H3,(H,21,25);1H. The van der Waals surface area contributed by atoms with Crippen LogP contribution in [0.1, 0.15) is 41.9 Å². The Morgan fingerprint density at radius 2 is 2.15 bits per heavy atom. The van der Waals surface area contributed by atoms with Crippen molar-refractivity contribution in [2.24, 2.45) is 11.7 Å². The van der Waals surface area contributed by atoms with Gasteiger partial charge in [0.1, 0.15) is 5.82 Å². The molecule has 1 heterocycles. The molecule has 2 atom stereocenters. The number of rotatable bonds is 4. The van der Waals surface area contributed by atoms with Crippen molar-refractivity contribution >= 4 is 29.9 Å². The highest BCUT2D eigenvalue weighted by Gasteiger charge is 2.27. The highest BCUT2D eigenvalue weighted by molar-refractivity contribution is 6.30. The summed E-state index contributed by atoms with van der Waals surface area (Å²) in [7, 11) is 0. The monoisotopic (exact) mass is 401 g/mol. The number of carbonyl (C=O) groups is 1. The zero-order chi connectivity index (χ0) is 18.0. The second-order valence-electron chi connectivity index (χ2n) is 6.39. The first-order valence-electron chi connectivity index (χ1n) is 8.40. The van der Waals surface area contributed by atoms with Crippen molar-refractivity contribution in [3.05, 3.63) is 40.4 Å². The smallest absolute Gasteiger partial charge is 0.273 e. The van der Waals surface area contributed by atoms with Crippen molar-refractivity contribution in [1.82, 2.24) is 20.3 Å². The van der Waals surface area contributed by atoms with Crippen LogP contribution in [0.3, 0.4) is 0 Å². The molecule has 1 aromatic carbocycles. The lowest BCUT2D eigenvalue weighted by atomic mass is 9.84. The van der Waals surface area contributed by atoms with Crippen molar-refractivity contribution in [3.8, 4) is 5.69 Å². The summed E-state index contributed by atoms with van der Waals surface area (Å²) in [6, 6.07) is 4.31. The van der Waals surface area contributed by atoms with E-state index in [4.69, 9.17) is 17.3 Å². The Morgan fingerprint density at radius 1 is 1.42 bits per heavy atom. The molecule has 1 aromatic heterocycles. The van der Waals surface area contributed by atoms with Crippen LogP contribution >= 0.6 is 24.0 Å². The Balaban J connectivity index is 0.00000243. The van der Waals surface area contributed by atoms with Gasteiger partial charge in [-0.1, -0.05) is 29.7 Å². The summed E-state index contributed by atoms with van der Waals surface area (Å²) in [5.41, 5.74) is 7.19. The van der Waals surface area contributed by atoms with E-state index in [0.29, 0.717) is 23.8 Å². The Labute approximate surface area is 162 Å². The Morgan fingerprint density at radius 3 is 2.85 bits per heavy atom. The van der Waals surface area contributed by atoms with Crippen LogP contribution in [-0.2, 0) is 0 Å². The van der Waals surface area contributed by atoms with Crippen LogP contribution in [0.25, 0.3) is 5.69 Å². The molecule has 3 N–H and O–H groups in total. The van der Waals surface area contributed by atoms with Gasteiger partial charge in [-0.15, -0.1) is 17.5 Å². The molecule has 0 radical (unpaired) electrons. The quantitative estimate of drug-likeness (QED) is 0.823. The molecule has 3 rings (SSSR count). The summed E-state index contributed by atoms with van der Waals surface area (Å²) >= 11 is 5.82. The van der Waals surface area contributed by atoms with E-state index >= 15 is 0 Å². The Hall–Kier alpha value is -1.70. The first-order valence-corrected chi connectivity index (χ1v) is 8.77. The van der Waals surface area contributed by atoms with Crippen LogP contribution < -0.4 is 11.1 Å². The topological polar surface area (TPSA) is 85.8 Å². The summed E-state index contributed by atoms with van der Waals surface area (Å²) in [4.78, 5) is 12.6. The predicted molar refractivity (Wildman–Crippen MR) is 101 cm³/mol. The summed E-state index contributed by atoms with van der Waals surface area (Å²) < 4.78 is 14.8. The van der Waals surface area contributed by atoms with Crippen LogP contribution in [-0.4, -0.2) is 33.5 Å². The normalized spacial score (nSPS) is 19.7. The van der Waals surface area contributed by atoms with E-state index in [0.717, 1.165) is 25.7 Å². The first kappa shape index (κ1) is 20.6. The number of hydrogen-bond acceptors (Lipinski definition) is 4. The fourth-order valence-corrected chi connectivity index (χ4v) is 3.49. The van der Waals surface area contributed by atoms with Crippen LogP contribution in [0.4, 0.5) is 4.39 Å². The van der Waals surface area contributed by atoms with Crippen molar-refractivity contribution in [2.45, 2.75) is 38.6 Å². The number of carbonyl (C=O) groups excluding carboxylic acids is 1. The van der Waals surface area contributed by atoms with Gasteiger partial charge in [0.2, 0.25) is 0 Å². The van der Waals surface area contributed by atoms with Gasteiger partial charge >= 0.3 is 0 Å². The predicted octanol–water partition coefficient (Wildman–Crippen LogP) is 3.04. The average Bonchev–Trinajstić information content (AvgIpc) is 2.99. The maximum Gasteiger partial charge on any atom is 0.273 e. The minimum Gasteiger partial charge on any atom is -0.348 e. The second-order valence-corrected chi connectivity index (χ2v) is 6.80. The molecular formula is C17H22Cl2FN5O. The molecule has 2 unspecified atom stereocenters. The number of nitrogens with zero attached hydrogens (tertiary/aromatic N) is 3. The molecule has 2 aromatic rings. The lowest BCUT2D eigenvalue weighted by molar-refractivity contribution is 0.0902. The summed E-state index contributed by atoms with van der Waals surface area (Å²) in [6.07, 6.45) is 4.19. The number of nitrogens with one attached hydrogen (secondary N) is 1. The molecule has 0 saturated heterocycles. The highest BCUT2D eigenvalue weighted by Crippen LogP contribution is 2.24. The molecule has 9 heteroatoms. The van der Waals surface area contributed by atoms with Gasteiger partial charge in [-0.05, 0) is 50.4 Å². The third-order valence-corrected chi connectivity index (χ3v) is 5.08. The lowest BCUT2D eigenvalue weighted by Gasteiger charge is -2.31. The lowest BCUT2D eigenvalue weighted by Crippen LogP contribution is -2.45. The maximum absolute atomic E-state index is 13.3. The fourth-order valence-electron chi connectivity index (χ4n) is 3.32. The number of amides is 1. The number of nitrogens with two attached hydrogens (primary N) is 1. The Bertz CT molecular complexity index is 783. The first-order chi connectivity index (χ1) is 12.0. The van der Waals surface area contributed by atoms with Gasteiger partial charge in [0, 0.05) is 6.04 Å². The maximum atomic E-state index is 13.3. The summed E-state index contributed by atoms with van der Waals surface area (Å²) in [5.74, 6) is -0.474. The summed E-state index contributed by atoms with van der Waals surface area (Å²) in [5, 5.41) is 11.0. The van der Waals surface area contributed by atoms with Crippen LogP contribution in [0.2, 0.25) is 5.02 Å². The number of aromatic nitrogens is 3. The molecule has 1 saturated carbocycles. The molecule has 142 valence electrons. The molecule has 0 spiro atoms. The van der Waals surface area contributed by atoms with E-state index < -0.39 is 5.82 Å². The fraction of sp³-hybridized carbons (Fsp3) is 0.471. The van der Waals surface area contributed by atoms with Gasteiger partial charge in [-0.25, -0.2) is 9.07 Å². The number of benzene rings is 1. The molecule has 1 fully saturated rings. The van der Waals surface area contributed by atoms with Crippen molar-refractivity contribution < 1.29 is 9.18 Å². The van der Waals surface area contributed by atoms with Crippen LogP contribution in [0.5, 0.6) is 0 Å². The van der Waals surface area contributed by atoms with Gasteiger partial charge < -0.3 is 11.1 Å². The molecule has 1 aliphatic carbocycles. The van der Waals surface area contributed by atoms with E-state index in [2.05, 4.69) is 15.6 Å². The third-order valence-electron chi connectivity index (χ3n) is 4.79. The second kappa shape index (κ2) is 8.79. The number of hydrogen-bond donors (Lipinski definition) is 2. The molecule has 6 nitrogen and oxygen atoms in total. The molecular weight excluding hydrogens is 380 g/mol. The zero-order valence-corrected chi connectivity index (χ0v) is 16.0. The van der Waals surface area contributed by atoms with Gasteiger partial charge in [0.15, 0.2) is 5.69 Å². The Kier molecular flexibility index (Phi) is 6.97. The minimum atomic E-state index is -0.508. The average molecular weight is 402 g/mol.